The second-order valence-electron chi connectivity index (χ2n) is 1.53. The first-order valence-electron chi connectivity index (χ1n) is 3.13. The number of aromatic amines is 1. The first kappa shape index (κ1) is 8.63. The number of rotatable bonds is 0. The molecule has 0 atom stereocenters. The third-order valence-electron chi connectivity index (χ3n) is 0.816. The molecule has 0 aliphatic rings. The van der Waals surface area contributed by atoms with Crippen LogP contribution in [0.2, 0.25) is 0 Å². The zero-order chi connectivity index (χ0) is 7.28. The fourth-order valence-electron chi connectivity index (χ4n) is 0.489. The Hall–Kier alpha value is -0.370. The average Bonchev–Trinajstić information content (AvgIpc) is 2.20. The maximum absolute atomic E-state index is 4.05. The van der Waals surface area contributed by atoms with E-state index in [1.54, 1.807) is 0 Å². The van der Waals surface area contributed by atoms with Gasteiger partial charge in [0.05, 0.1) is 5.03 Å². The van der Waals surface area contributed by atoms with Gasteiger partial charge in [0.25, 0.3) is 0 Å². The zero-order valence-corrected chi connectivity index (χ0v) is 7.00. The predicted octanol–water partition coefficient (Wildman–Crippen LogP) is 2.64. The molecule has 0 fully saturated rings. The lowest BCUT2D eigenvalue weighted by Crippen LogP contribution is -1.63. The summed E-state index contributed by atoms with van der Waals surface area (Å²) < 4.78 is 0. The molecule has 0 bridgehead atoms. The van der Waals surface area contributed by atoms with Gasteiger partial charge >= 0.3 is 0 Å². The third kappa shape index (κ3) is 3.25. The van der Waals surface area contributed by atoms with E-state index < -0.39 is 0 Å². The number of aromatic nitrogens is 1. The summed E-state index contributed by atoms with van der Waals surface area (Å²) >= 11 is 4.05. The smallest absolute Gasteiger partial charge is 0.0692 e. The molecule has 0 saturated carbocycles. The SMILES string of the molecule is CC.Cc1ccc(S)[nH]1. The molecule has 9 heavy (non-hydrogen) atoms. The minimum Gasteiger partial charge on any atom is -0.354 e. The monoisotopic (exact) mass is 143 g/mol. The molecular formula is C7H13NS. The first-order chi connectivity index (χ1) is 4.29. The van der Waals surface area contributed by atoms with E-state index in [0.717, 1.165) is 10.7 Å². The van der Waals surface area contributed by atoms with Crippen molar-refractivity contribution in [1.82, 2.24) is 4.98 Å². The summed E-state index contributed by atoms with van der Waals surface area (Å²) in [6.45, 7) is 6.00. The quantitative estimate of drug-likeness (QED) is 0.519. The van der Waals surface area contributed by atoms with Crippen molar-refractivity contribution in [2.45, 2.75) is 25.8 Å². The minimum absolute atomic E-state index is 0.928. The van der Waals surface area contributed by atoms with Crippen molar-refractivity contribution in [2.75, 3.05) is 0 Å². The lowest BCUT2D eigenvalue weighted by molar-refractivity contribution is 1.14. The third-order valence-corrected chi connectivity index (χ3v) is 1.08. The lowest BCUT2D eigenvalue weighted by Gasteiger charge is -1.76. The summed E-state index contributed by atoms with van der Waals surface area (Å²) in [4.78, 5) is 3.00. The number of hydrogen-bond donors (Lipinski definition) is 2. The topological polar surface area (TPSA) is 15.8 Å². The Labute approximate surface area is 61.9 Å². The van der Waals surface area contributed by atoms with Crippen LogP contribution >= 0.6 is 12.6 Å². The first-order valence-corrected chi connectivity index (χ1v) is 3.58. The molecule has 0 radical (unpaired) electrons. The van der Waals surface area contributed by atoms with Crippen LogP contribution < -0.4 is 0 Å². The molecule has 1 aromatic rings. The molecule has 0 aromatic carbocycles. The normalized spacial score (nSPS) is 8.00. The molecule has 1 rings (SSSR count). The van der Waals surface area contributed by atoms with Gasteiger partial charge in [-0.25, -0.2) is 0 Å². The van der Waals surface area contributed by atoms with Gasteiger partial charge in [-0.3, -0.25) is 0 Å². The highest BCUT2D eigenvalue weighted by atomic mass is 32.1. The van der Waals surface area contributed by atoms with Gasteiger partial charge < -0.3 is 4.98 Å². The van der Waals surface area contributed by atoms with Crippen LogP contribution in [-0.4, -0.2) is 4.98 Å². The Bertz CT molecular complexity index is 141. The zero-order valence-electron chi connectivity index (χ0n) is 6.10. The summed E-state index contributed by atoms with van der Waals surface area (Å²) in [7, 11) is 0. The fraction of sp³-hybridized carbons (Fsp3) is 0.429. The Morgan fingerprint density at radius 3 is 2.00 bits per heavy atom. The molecule has 1 aromatic heterocycles. The molecular weight excluding hydrogens is 130 g/mol. The van der Waals surface area contributed by atoms with E-state index in [9.17, 15) is 0 Å². The van der Waals surface area contributed by atoms with Crippen molar-refractivity contribution in [3.63, 3.8) is 0 Å². The maximum Gasteiger partial charge on any atom is 0.0692 e. The summed E-state index contributed by atoms with van der Waals surface area (Å²) in [6, 6.07) is 3.92. The van der Waals surface area contributed by atoms with Crippen molar-refractivity contribution < 1.29 is 0 Å². The fourth-order valence-corrected chi connectivity index (χ4v) is 0.740. The molecule has 52 valence electrons. The molecule has 2 heteroatoms. The van der Waals surface area contributed by atoms with Crippen LogP contribution in [0.3, 0.4) is 0 Å². The second kappa shape index (κ2) is 4.50. The number of nitrogens with one attached hydrogen (secondary N) is 1. The molecule has 1 N–H and O–H groups in total. The summed E-state index contributed by atoms with van der Waals surface area (Å²) in [5, 5.41) is 0.928. The van der Waals surface area contributed by atoms with E-state index in [4.69, 9.17) is 0 Å². The number of hydrogen-bond acceptors (Lipinski definition) is 1. The Balaban J connectivity index is 0.000000291. The van der Waals surface area contributed by atoms with Gasteiger partial charge in [0.2, 0.25) is 0 Å². The van der Waals surface area contributed by atoms with Crippen molar-refractivity contribution in [3.8, 4) is 0 Å². The summed E-state index contributed by atoms with van der Waals surface area (Å²) in [5.74, 6) is 0. The second-order valence-corrected chi connectivity index (χ2v) is 2.01. The average molecular weight is 143 g/mol. The van der Waals surface area contributed by atoms with Gasteiger partial charge in [-0.1, -0.05) is 13.8 Å². The van der Waals surface area contributed by atoms with E-state index in [1.807, 2.05) is 32.9 Å². The van der Waals surface area contributed by atoms with Crippen molar-refractivity contribution >= 4 is 12.6 Å². The van der Waals surface area contributed by atoms with Gasteiger partial charge in [0, 0.05) is 5.69 Å². The molecule has 0 unspecified atom stereocenters. The van der Waals surface area contributed by atoms with Crippen LogP contribution in [0.15, 0.2) is 17.2 Å². The van der Waals surface area contributed by atoms with Gasteiger partial charge in [0.1, 0.15) is 0 Å². The lowest BCUT2D eigenvalue weighted by atomic mass is 10.5. The van der Waals surface area contributed by atoms with E-state index in [2.05, 4.69) is 17.6 Å². The van der Waals surface area contributed by atoms with Gasteiger partial charge in [0.15, 0.2) is 0 Å². The van der Waals surface area contributed by atoms with Crippen LogP contribution in [0.1, 0.15) is 19.5 Å². The Morgan fingerprint density at radius 1 is 1.33 bits per heavy atom. The van der Waals surface area contributed by atoms with E-state index >= 15 is 0 Å². The summed E-state index contributed by atoms with van der Waals surface area (Å²) in [6.07, 6.45) is 0. The number of thiol groups is 1. The Morgan fingerprint density at radius 2 is 1.89 bits per heavy atom. The van der Waals surface area contributed by atoms with E-state index in [0.29, 0.717) is 0 Å². The highest BCUT2D eigenvalue weighted by Gasteiger charge is 1.83. The van der Waals surface area contributed by atoms with Crippen LogP contribution in [0, 0.1) is 6.92 Å². The molecule has 0 aliphatic heterocycles. The molecule has 1 nitrogen and oxygen atoms in total. The van der Waals surface area contributed by atoms with Crippen LogP contribution in [0.5, 0.6) is 0 Å². The minimum atomic E-state index is 0.928. The van der Waals surface area contributed by atoms with Gasteiger partial charge in [-0.15, -0.1) is 12.6 Å². The standard InChI is InChI=1S/C5H7NS.C2H6/c1-4-2-3-5(7)6-4;1-2/h2-3,6-7H,1H3;1-2H3. The summed E-state index contributed by atoms with van der Waals surface area (Å²) in [5.41, 5.74) is 1.16. The predicted molar refractivity (Wildman–Crippen MR) is 44.1 cm³/mol. The highest BCUT2D eigenvalue weighted by Crippen LogP contribution is 2.02. The Kier molecular flexibility index (Phi) is 4.32. The molecule has 0 amide bonds. The van der Waals surface area contributed by atoms with Gasteiger partial charge in [-0.2, -0.15) is 0 Å². The molecule has 0 spiro atoms. The molecule has 0 saturated heterocycles. The van der Waals surface area contributed by atoms with Crippen molar-refractivity contribution in [3.05, 3.63) is 17.8 Å². The van der Waals surface area contributed by atoms with E-state index in [-0.39, 0.29) is 0 Å². The van der Waals surface area contributed by atoms with E-state index in [1.165, 1.54) is 0 Å². The van der Waals surface area contributed by atoms with Crippen molar-refractivity contribution in [2.24, 2.45) is 0 Å². The number of H-pyrrole nitrogens is 1. The maximum atomic E-state index is 4.05. The van der Waals surface area contributed by atoms with Crippen LogP contribution in [0.25, 0.3) is 0 Å². The van der Waals surface area contributed by atoms with Crippen LogP contribution in [-0.2, 0) is 0 Å². The van der Waals surface area contributed by atoms with Crippen LogP contribution in [0.4, 0.5) is 0 Å². The van der Waals surface area contributed by atoms with Crippen molar-refractivity contribution in [1.29, 1.82) is 0 Å². The molecule has 0 aliphatic carbocycles. The highest BCUT2D eigenvalue weighted by molar-refractivity contribution is 7.80. The van der Waals surface area contributed by atoms with Gasteiger partial charge in [-0.05, 0) is 19.1 Å². The largest absolute Gasteiger partial charge is 0.354 e. The molecule has 1 heterocycles. The number of aryl methyl sites for hydroxylation is 1.